The molecule has 0 saturated carbocycles. The van der Waals surface area contributed by atoms with Gasteiger partial charge in [-0.2, -0.15) is 0 Å². The van der Waals surface area contributed by atoms with Crippen molar-refractivity contribution in [3.05, 3.63) is 64.9 Å². The first-order valence-electron chi connectivity index (χ1n) is 6.20. The van der Waals surface area contributed by atoms with E-state index < -0.39 is 0 Å². The number of nitrogens with one attached hydrogen (secondary N) is 1. The van der Waals surface area contributed by atoms with Crippen molar-refractivity contribution in [3.8, 4) is 0 Å². The Balaban J connectivity index is 1.87. The zero-order valence-electron chi connectivity index (χ0n) is 10.6. The number of halogens is 1. The molecule has 3 rings (SSSR count). The molecule has 2 nitrogen and oxygen atoms in total. The van der Waals surface area contributed by atoms with E-state index in [1.807, 2.05) is 49.4 Å². The van der Waals surface area contributed by atoms with Crippen LogP contribution < -0.4 is 5.32 Å². The number of hydrogen-bond acceptors (Lipinski definition) is 2. The van der Waals surface area contributed by atoms with Gasteiger partial charge in [-0.1, -0.05) is 35.9 Å². The lowest BCUT2D eigenvalue weighted by molar-refractivity contribution is 0.573. The maximum atomic E-state index is 5.97. The summed E-state index contributed by atoms with van der Waals surface area (Å²) in [5, 5.41) is 5.27. The van der Waals surface area contributed by atoms with Crippen LogP contribution in [0.4, 0.5) is 5.69 Å². The molecule has 0 aliphatic rings. The van der Waals surface area contributed by atoms with E-state index in [4.69, 9.17) is 16.0 Å². The van der Waals surface area contributed by atoms with Crippen LogP contribution in [0.5, 0.6) is 0 Å². The van der Waals surface area contributed by atoms with Crippen LogP contribution in [0.15, 0.2) is 52.9 Å². The van der Waals surface area contributed by atoms with Crippen molar-refractivity contribution >= 4 is 28.3 Å². The lowest BCUT2D eigenvalue weighted by atomic mass is 10.1. The smallest absolute Gasteiger partial charge is 0.134 e. The molecule has 19 heavy (non-hydrogen) atoms. The van der Waals surface area contributed by atoms with Crippen LogP contribution in [-0.2, 0) is 6.54 Å². The highest BCUT2D eigenvalue weighted by molar-refractivity contribution is 6.30. The molecular weight excluding hydrogens is 258 g/mol. The lowest BCUT2D eigenvalue weighted by Gasteiger charge is -2.06. The Morgan fingerprint density at radius 2 is 1.95 bits per heavy atom. The summed E-state index contributed by atoms with van der Waals surface area (Å²) in [4.78, 5) is 0. The Labute approximate surface area is 117 Å². The predicted octanol–water partition coefficient (Wildman–Crippen LogP) is 5.01. The SMILES string of the molecule is Cc1oc2ccccc2c1CNc1cccc(Cl)c1. The van der Waals surface area contributed by atoms with Crippen molar-refractivity contribution in [1.29, 1.82) is 0 Å². The van der Waals surface area contributed by atoms with E-state index >= 15 is 0 Å². The highest BCUT2D eigenvalue weighted by Gasteiger charge is 2.09. The van der Waals surface area contributed by atoms with Crippen molar-refractivity contribution < 1.29 is 4.42 Å². The number of furan rings is 1. The maximum Gasteiger partial charge on any atom is 0.134 e. The summed E-state index contributed by atoms with van der Waals surface area (Å²) in [5.41, 5.74) is 3.13. The topological polar surface area (TPSA) is 25.2 Å². The molecule has 0 atom stereocenters. The molecule has 0 saturated heterocycles. The fourth-order valence-corrected chi connectivity index (χ4v) is 2.42. The van der Waals surface area contributed by atoms with Crippen LogP contribution in [0.25, 0.3) is 11.0 Å². The van der Waals surface area contributed by atoms with Gasteiger partial charge in [0.1, 0.15) is 11.3 Å². The fraction of sp³-hybridized carbons (Fsp3) is 0.125. The quantitative estimate of drug-likeness (QED) is 0.725. The number of hydrogen-bond donors (Lipinski definition) is 1. The van der Waals surface area contributed by atoms with Gasteiger partial charge in [0.2, 0.25) is 0 Å². The van der Waals surface area contributed by atoms with Crippen LogP contribution in [-0.4, -0.2) is 0 Å². The fourth-order valence-electron chi connectivity index (χ4n) is 2.23. The zero-order valence-corrected chi connectivity index (χ0v) is 11.4. The van der Waals surface area contributed by atoms with E-state index in [-0.39, 0.29) is 0 Å². The van der Waals surface area contributed by atoms with Crippen molar-refractivity contribution in [2.75, 3.05) is 5.32 Å². The Kier molecular flexibility index (Phi) is 3.18. The summed E-state index contributed by atoms with van der Waals surface area (Å²) in [7, 11) is 0. The standard InChI is InChI=1S/C16H14ClNO/c1-11-15(14-7-2-3-8-16(14)19-11)10-18-13-6-4-5-12(17)9-13/h2-9,18H,10H2,1H3. The second kappa shape index (κ2) is 4.98. The Bertz CT molecular complexity index is 718. The summed E-state index contributed by atoms with van der Waals surface area (Å²) in [6.07, 6.45) is 0. The third-order valence-corrected chi connectivity index (χ3v) is 3.43. The molecule has 3 aromatic rings. The van der Waals surface area contributed by atoms with Gasteiger partial charge in [0.25, 0.3) is 0 Å². The average molecular weight is 272 g/mol. The van der Waals surface area contributed by atoms with Gasteiger partial charge in [0, 0.05) is 28.2 Å². The molecule has 1 aromatic heterocycles. The van der Waals surface area contributed by atoms with Crippen LogP contribution in [0, 0.1) is 6.92 Å². The first kappa shape index (κ1) is 12.1. The van der Waals surface area contributed by atoms with Gasteiger partial charge in [-0.25, -0.2) is 0 Å². The molecule has 0 aliphatic carbocycles. The number of para-hydroxylation sites is 1. The predicted molar refractivity (Wildman–Crippen MR) is 79.7 cm³/mol. The highest BCUT2D eigenvalue weighted by atomic mass is 35.5. The van der Waals surface area contributed by atoms with E-state index in [1.165, 1.54) is 5.56 Å². The third-order valence-electron chi connectivity index (χ3n) is 3.19. The maximum absolute atomic E-state index is 5.97. The second-order valence-electron chi connectivity index (χ2n) is 4.50. The molecule has 1 heterocycles. The van der Waals surface area contributed by atoms with E-state index in [2.05, 4.69) is 11.4 Å². The molecule has 0 aliphatic heterocycles. The van der Waals surface area contributed by atoms with Gasteiger partial charge in [0.15, 0.2) is 0 Å². The Hall–Kier alpha value is -1.93. The Morgan fingerprint density at radius 1 is 1.11 bits per heavy atom. The van der Waals surface area contributed by atoms with E-state index in [1.54, 1.807) is 0 Å². The minimum atomic E-state index is 0.725. The first-order valence-corrected chi connectivity index (χ1v) is 6.58. The molecular formula is C16H14ClNO. The molecule has 0 radical (unpaired) electrons. The van der Waals surface area contributed by atoms with E-state index in [9.17, 15) is 0 Å². The minimum absolute atomic E-state index is 0.725. The molecule has 0 unspecified atom stereocenters. The van der Waals surface area contributed by atoms with Crippen LogP contribution >= 0.6 is 11.6 Å². The normalized spacial score (nSPS) is 10.8. The third kappa shape index (κ3) is 2.45. The lowest BCUT2D eigenvalue weighted by Crippen LogP contribution is -1.99. The molecule has 1 N–H and O–H groups in total. The molecule has 0 amide bonds. The zero-order chi connectivity index (χ0) is 13.2. The molecule has 0 fully saturated rings. The van der Waals surface area contributed by atoms with Gasteiger partial charge in [-0.15, -0.1) is 0 Å². The van der Waals surface area contributed by atoms with E-state index in [0.717, 1.165) is 34.0 Å². The number of fused-ring (bicyclic) bond motifs is 1. The van der Waals surface area contributed by atoms with Gasteiger partial charge < -0.3 is 9.73 Å². The number of benzene rings is 2. The van der Waals surface area contributed by atoms with Crippen molar-refractivity contribution in [2.24, 2.45) is 0 Å². The molecule has 0 spiro atoms. The van der Waals surface area contributed by atoms with Crippen molar-refractivity contribution in [2.45, 2.75) is 13.5 Å². The highest BCUT2D eigenvalue weighted by Crippen LogP contribution is 2.26. The average Bonchev–Trinajstić information content (AvgIpc) is 2.72. The van der Waals surface area contributed by atoms with Crippen LogP contribution in [0.3, 0.4) is 0 Å². The van der Waals surface area contributed by atoms with Crippen LogP contribution in [0.1, 0.15) is 11.3 Å². The summed E-state index contributed by atoms with van der Waals surface area (Å²) < 4.78 is 5.75. The number of aryl methyl sites for hydroxylation is 1. The summed E-state index contributed by atoms with van der Waals surface area (Å²) in [5.74, 6) is 0.954. The Morgan fingerprint density at radius 3 is 2.79 bits per heavy atom. The van der Waals surface area contributed by atoms with Gasteiger partial charge in [0.05, 0.1) is 0 Å². The minimum Gasteiger partial charge on any atom is -0.461 e. The number of anilines is 1. The molecule has 2 aromatic carbocycles. The second-order valence-corrected chi connectivity index (χ2v) is 4.93. The van der Waals surface area contributed by atoms with Gasteiger partial charge in [-0.05, 0) is 31.2 Å². The van der Waals surface area contributed by atoms with Gasteiger partial charge >= 0.3 is 0 Å². The monoisotopic (exact) mass is 271 g/mol. The summed E-state index contributed by atoms with van der Waals surface area (Å²) >= 11 is 5.97. The van der Waals surface area contributed by atoms with Crippen molar-refractivity contribution in [3.63, 3.8) is 0 Å². The molecule has 3 heteroatoms. The summed E-state index contributed by atoms with van der Waals surface area (Å²) in [6.45, 7) is 2.72. The molecule has 96 valence electrons. The largest absolute Gasteiger partial charge is 0.461 e. The van der Waals surface area contributed by atoms with Crippen LogP contribution in [0.2, 0.25) is 5.02 Å². The number of rotatable bonds is 3. The van der Waals surface area contributed by atoms with Crippen molar-refractivity contribution in [1.82, 2.24) is 0 Å². The van der Waals surface area contributed by atoms with E-state index in [0.29, 0.717) is 0 Å². The van der Waals surface area contributed by atoms with Gasteiger partial charge in [-0.3, -0.25) is 0 Å². The molecule has 0 bridgehead atoms. The summed E-state index contributed by atoms with van der Waals surface area (Å²) in [6, 6.07) is 15.8. The first-order chi connectivity index (χ1) is 9.24.